The number of aliphatic carboxylic acids is 2. The summed E-state index contributed by atoms with van der Waals surface area (Å²) in [6.07, 6.45) is 0. The van der Waals surface area contributed by atoms with Crippen molar-refractivity contribution < 1.29 is 24.9 Å². The van der Waals surface area contributed by atoms with E-state index in [2.05, 4.69) is 0 Å². The minimum absolute atomic E-state index is 1.11. The molecule has 0 aliphatic heterocycles. The van der Waals surface area contributed by atoms with Gasteiger partial charge in [0.15, 0.2) is 0 Å². The largest absolute Gasteiger partial charge is 0.481 e. The Morgan fingerprint density at radius 1 is 1.08 bits per heavy atom. The number of aliphatic hydroxyl groups is 1. The number of hydrogen-bond donors (Lipinski definition) is 3. The molecular formula is C8H14O5. The highest BCUT2D eigenvalue weighted by Crippen LogP contribution is 2.26. The van der Waals surface area contributed by atoms with Crippen LogP contribution in [0.25, 0.3) is 0 Å². The van der Waals surface area contributed by atoms with E-state index in [-0.39, 0.29) is 0 Å². The Kier molecular flexibility index (Phi) is 3.42. The van der Waals surface area contributed by atoms with Crippen LogP contribution >= 0.6 is 0 Å². The molecule has 0 rings (SSSR count). The van der Waals surface area contributed by atoms with Crippen LogP contribution in [0.4, 0.5) is 0 Å². The molecule has 0 spiro atoms. The molecule has 13 heavy (non-hydrogen) atoms. The van der Waals surface area contributed by atoms with Crippen molar-refractivity contribution >= 4 is 11.9 Å². The lowest BCUT2D eigenvalue weighted by molar-refractivity contribution is -0.162. The molecule has 0 aromatic heterocycles. The molecule has 0 bridgehead atoms. The normalized spacial score (nSPS) is 16.3. The molecule has 0 saturated carbocycles. The minimum atomic E-state index is -1.74. The average molecular weight is 190 g/mol. The van der Waals surface area contributed by atoms with Crippen molar-refractivity contribution in [2.75, 3.05) is 0 Å². The zero-order chi connectivity index (χ0) is 10.8. The number of carbonyl (C=O) groups is 2. The van der Waals surface area contributed by atoms with E-state index < -0.39 is 29.4 Å². The third kappa shape index (κ3) is 2.42. The monoisotopic (exact) mass is 190 g/mol. The predicted molar refractivity (Wildman–Crippen MR) is 44.2 cm³/mol. The third-order valence-corrected chi connectivity index (χ3v) is 2.49. The lowest BCUT2D eigenvalue weighted by Gasteiger charge is -2.30. The Balaban J connectivity index is 4.74. The highest BCUT2D eigenvalue weighted by Gasteiger charge is 2.42. The molecule has 0 aromatic carbocycles. The molecule has 0 aliphatic rings. The van der Waals surface area contributed by atoms with E-state index in [4.69, 9.17) is 10.2 Å². The molecule has 0 fully saturated rings. The van der Waals surface area contributed by atoms with Crippen molar-refractivity contribution in [3.05, 3.63) is 0 Å². The zero-order valence-corrected chi connectivity index (χ0v) is 7.81. The first kappa shape index (κ1) is 11.9. The second-order valence-corrected chi connectivity index (χ2v) is 3.35. The van der Waals surface area contributed by atoms with Gasteiger partial charge in [-0.25, -0.2) is 0 Å². The van der Waals surface area contributed by atoms with Gasteiger partial charge < -0.3 is 15.3 Å². The number of rotatable bonds is 4. The van der Waals surface area contributed by atoms with Gasteiger partial charge in [0.25, 0.3) is 0 Å². The Bertz CT molecular complexity index is 199. The summed E-state index contributed by atoms with van der Waals surface area (Å²) in [5.74, 6) is -4.65. The van der Waals surface area contributed by atoms with Gasteiger partial charge in [-0.1, -0.05) is 0 Å². The summed E-state index contributed by atoms with van der Waals surface area (Å²) < 4.78 is 0. The number of hydrogen-bond acceptors (Lipinski definition) is 3. The Labute approximate surface area is 76.0 Å². The summed E-state index contributed by atoms with van der Waals surface area (Å²) >= 11 is 0. The lowest BCUT2D eigenvalue weighted by Crippen LogP contribution is -2.46. The molecule has 2 atom stereocenters. The molecule has 5 heteroatoms. The highest BCUT2D eigenvalue weighted by molar-refractivity contribution is 5.75. The fourth-order valence-corrected chi connectivity index (χ4v) is 0.875. The van der Waals surface area contributed by atoms with Gasteiger partial charge in [-0.3, -0.25) is 9.59 Å². The molecule has 76 valence electrons. The van der Waals surface area contributed by atoms with Crippen molar-refractivity contribution in [3.8, 4) is 0 Å². The molecule has 0 aromatic rings. The first-order valence-electron chi connectivity index (χ1n) is 3.89. The van der Waals surface area contributed by atoms with Gasteiger partial charge in [0.05, 0.1) is 17.4 Å². The SMILES string of the molecule is C[C@H](C(=O)O)C(C)(O)[C@H](C)C(=O)O. The van der Waals surface area contributed by atoms with Gasteiger partial charge in [-0.05, 0) is 20.8 Å². The molecule has 0 radical (unpaired) electrons. The average Bonchev–Trinajstić information content (AvgIpc) is 2.01. The topological polar surface area (TPSA) is 94.8 Å². The van der Waals surface area contributed by atoms with Crippen LogP contribution in [0.1, 0.15) is 20.8 Å². The summed E-state index contributed by atoms with van der Waals surface area (Å²) in [4.78, 5) is 21.0. The maximum absolute atomic E-state index is 10.5. The van der Waals surface area contributed by atoms with Gasteiger partial charge in [-0.15, -0.1) is 0 Å². The fourth-order valence-electron chi connectivity index (χ4n) is 0.875. The van der Waals surface area contributed by atoms with Crippen LogP contribution in [0.3, 0.4) is 0 Å². The first-order valence-corrected chi connectivity index (χ1v) is 3.89. The van der Waals surface area contributed by atoms with Crippen LogP contribution in [-0.4, -0.2) is 32.9 Å². The summed E-state index contributed by atoms with van der Waals surface area (Å²) in [6, 6.07) is 0. The van der Waals surface area contributed by atoms with Gasteiger partial charge in [0.1, 0.15) is 0 Å². The van der Waals surface area contributed by atoms with Crippen LogP contribution in [-0.2, 0) is 9.59 Å². The Morgan fingerprint density at radius 2 is 1.31 bits per heavy atom. The molecule has 5 nitrogen and oxygen atoms in total. The number of carboxylic acids is 2. The predicted octanol–water partition coefficient (Wildman–Crippen LogP) is 0.179. The first-order chi connectivity index (χ1) is 5.71. The van der Waals surface area contributed by atoms with Crippen LogP contribution in [0.5, 0.6) is 0 Å². The minimum Gasteiger partial charge on any atom is -0.481 e. The van der Waals surface area contributed by atoms with Crippen molar-refractivity contribution in [1.82, 2.24) is 0 Å². The zero-order valence-electron chi connectivity index (χ0n) is 7.81. The van der Waals surface area contributed by atoms with E-state index in [1.165, 1.54) is 20.8 Å². The van der Waals surface area contributed by atoms with Crippen LogP contribution in [0.2, 0.25) is 0 Å². The second kappa shape index (κ2) is 3.74. The third-order valence-electron chi connectivity index (χ3n) is 2.49. The Hall–Kier alpha value is -1.10. The quantitative estimate of drug-likeness (QED) is 0.587. The molecule has 0 amide bonds. The molecule has 3 N–H and O–H groups in total. The van der Waals surface area contributed by atoms with Crippen molar-refractivity contribution in [2.45, 2.75) is 26.4 Å². The fraction of sp³-hybridized carbons (Fsp3) is 0.750. The summed E-state index contributed by atoms with van der Waals surface area (Å²) in [5.41, 5.74) is -1.74. The van der Waals surface area contributed by atoms with E-state index in [1.54, 1.807) is 0 Å². The van der Waals surface area contributed by atoms with Gasteiger partial charge in [-0.2, -0.15) is 0 Å². The van der Waals surface area contributed by atoms with Crippen LogP contribution in [0, 0.1) is 11.8 Å². The maximum atomic E-state index is 10.5. The van der Waals surface area contributed by atoms with E-state index >= 15 is 0 Å². The second-order valence-electron chi connectivity index (χ2n) is 3.35. The molecule has 0 unspecified atom stereocenters. The molecule has 0 saturated heterocycles. The molecular weight excluding hydrogens is 176 g/mol. The van der Waals surface area contributed by atoms with E-state index in [1.807, 2.05) is 0 Å². The van der Waals surface area contributed by atoms with Crippen molar-refractivity contribution in [3.63, 3.8) is 0 Å². The van der Waals surface area contributed by atoms with Gasteiger partial charge in [0, 0.05) is 0 Å². The summed E-state index contributed by atoms with van der Waals surface area (Å²) in [7, 11) is 0. The van der Waals surface area contributed by atoms with Crippen LogP contribution < -0.4 is 0 Å². The van der Waals surface area contributed by atoms with Crippen LogP contribution in [0.15, 0.2) is 0 Å². The Morgan fingerprint density at radius 3 is 1.46 bits per heavy atom. The maximum Gasteiger partial charge on any atom is 0.309 e. The number of carboxylic acid groups (broad SMARTS) is 2. The summed E-state index contributed by atoms with van der Waals surface area (Å²) in [6.45, 7) is 3.77. The van der Waals surface area contributed by atoms with E-state index in [0.717, 1.165) is 0 Å². The van der Waals surface area contributed by atoms with Crippen molar-refractivity contribution in [2.24, 2.45) is 11.8 Å². The molecule has 0 aliphatic carbocycles. The molecule has 0 heterocycles. The summed E-state index contributed by atoms with van der Waals surface area (Å²) in [5, 5.41) is 26.8. The van der Waals surface area contributed by atoms with Gasteiger partial charge >= 0.3 is 11.9 Å². The standard InChI is InChI=1S/C8H14O5/c1-4(6(9)10)8(3,13)5(2)7(11)12/h4-5,13H,1-3H3,(H,9,10)(H,11,12)/t4-,5-/m1/s1. The smallest absolute Gasteiger partial charge is 0.309 e. The van der Waals surface area contributed by atoms with Crippen molar-refractivity contribution in [1.29, 1.82) is 0 Å². The van der Waals surface area contributed by atoms with E-state index in [0.29, 0.717) is 0 Å². The lowest BCUT2D eigenvalue weighted by atomic mass is 9.80. The highest BCUT2D eigenvalue weighted by atomic mass is 16.4. The van der Waals surface area contributed by atoms with E-state index in [9.17, 15) is 14.7 Å². The van der Waals surface area contributed by atoms with Gasteiger partial charge in [0.2, 0.25) is 0 Å².